The van der Waals surface area contributed by atoms with Crippen molar-refractivity contribution >= 4 is 0 Å². The zero-order valence-electron chi connectivity index (χ0n) is 11.2. The van der Waals surface area contributed by atoms with E-state index < -0.39 is 0 Å². The Morgan fingerprint density at radius 1 is 1.29 bits per heavy atom. The quantitative estimate of drug-likeness (QED) is 0.844. The van der Waals surface area contributed by atoms with Crippen molar-refractivity contribution < 1.29 is 4.74 Å². The van der Waals surface area contributed by atoms with Crippen LogP contribution in [0.3, 0.4) is 0 Å². The van der Waals surface area contributed by atoms with Crippen LogP contribution in [0.5, 0.6) is 5.75 Å². The van der Waals surface area contributed by atoms with Crippen molar-refractivity contribution in [2.75, 3.05) is 13.6 Å². The minimum Gasteiger partial charge on any atom is -0.486 e. The van der Waals surface area contributed by atoms with Gasteiger partial charge in [-0.25, -0.2) is 0 Å². The van der Waals surface area contributed by atoms with Gasteiger partial charge in [0.2, 0.25) is 0 Å². The summed E-state index contributed by atoms with van der Waals surface area (Å²) in [7, 11) is 1.97. The first-order valence-electron chi connectivity index (χ1n) is 6.62. The molecule has 0 amide bonds. The third-order valence-corrected chi connectivity index (χ3v) is 3.73. The maximum atomic E-state index is 6.15. The molecule has 0 aromatic heterocycles. The summed E-state index contributed by atoms with van der Waals surface area (Å²) in [5.41, 5.74) is 2.87. The molecule has 1 N–H and O–H groups in total. The molecule has 1 aromatic rings. The number of benzene rings is 1. The van der Waals surface area contributed by atoms with Crippen LogP contribution in [0.25, 0.3) is 0 Å². The van der Waals surface area contributed by atoms with Crippen molar-refractivity contribution in [3.05, 3.63) is 29.3 Å². The fourth-order valence-electron chi connectivity index (χ4n) is 2.50. The van der Waals surface area contributed by atoms with Gasteiger partial charge in [-0.1, -0.05) is 13.0 Å². The van der Waals surface area contributed by atoms with E-state index in [1.165, 1.54) is 30.4 Å². The van der Waals surface area contributed by atoms with Gasteiger partial charge in [0.25, 0.3) is 0 Å². The summed E-state index contributed by atoms with van der Waals surface area (Å²) in [6.07, 6.45) is 4.74. The lowest BCUT2D eigenvalue weighted by molar-refractivity contribution is 0.0857. The molecule has 0 fully saturated rings. The molecule has 94 valence electrons. The third-order valence-electron chi connectivity index (χ3n) is 3.73. The Morgan fingerprint density at radius 3 is 2.76 bits per heavy atom. The van der Waals surface area contributed by atoms with Crippen molar-refractivity contribution in [2.45, 2.75) is 45.1 Å². The second-order valence-electron chi connectivity index (χ2n) is 5.22. The van der Waals surface area contributed by atoms with Crippen LogP contribution in [0.1, 0.15) is 37.8 Å². The second-order valence-corrected chi connectivity index (χ2v) is 5.22. The normalized spacial score (nSPS) is 17.6. The Bertz CT molecular complexity index is 389. The smallest absolute Gasteiger partial charge is 0.120 e. The van der Waals surface area contributed by atoms with Gasteiger partial charge in [-0.05, 0) is 62.9 Å². The first-order chi connectivity index (χ1) is 8.17. The lowest BCUT2D eigenvalue weighted by Crippen LogP contribution is -2.41. The van der Waals surface area contributed by atoms with Gasteiger partial charge in [-0.3, -0.25) is 0 Å². The largest absolute Gasteiger partial charge is 0.486 e. The Kier molecular flexibility index (Phi) is 3.72. The molecule has 1 aromatic carbocycles. The Morgan fingerprint density at radius 2 is 2.06 bits per heavy atom. The summed E-state index contributed by atoms with van der Waals surface area (Å²) < 4.78 is 6.15. The average Bonchev–Trinajstić information content (AvgIpc) is 2.76. The molecule has 1 unspecified atom stereocenters. The van der Waals surface area contributed by atoms with E-state index >= 15 is 0 Å². The Labute approximate surface area is 104 Å². The van der Waals surface area contributed by atoms with E-state index in [9.17, 15) is 0 Å². The minimum atomic E-state index is -0.110. The molecule has 0 saturated carbocycles. The maximum absolute atomic E-state index is 6.15. The molecule has 1 atom stereocenters. The first kappa shape index (κ1) is 12.4. The highest BCUT2D eigenvalue weighted by Crippen LogP contribution is 2.28. The summed E-state index contributed by atoms with van der Waals surface area (Å²) in [5.74, 6) is 1.02. The van der Waals surface area contributed by atoms with E-state index in [4.69, 9.17) is 4.74 Å². The third kappa shape index (κ3) is 2.81. The van der Waals surface area contributed by atoms with Gasteiger partial charge in [0, 0.05) is 6.54 Å². The SMILES string of the molecule is CCC(C)(CNC)Oc1ccc2c(c1)CCC2. The van der Waals surface area contributed by atoms with E-state index in [2.05, 4.69) is 37.4 Å². The standard InChI is InChI=1S/C15H23NO/c1-4-15(2,11-16-3)17-14-9-8-12-6-5-7-13(12)10-14/h8-10,16H,4-7,11H2,1-3H3. The predicted molar refractivity (Wildman–Crippen MR) is 71.7 cm³/mol. The number of likely N-dealkylation sites (N-methyl/N-ethyl adjacent to an activating group) is 1. The van der Waals surface area contributed by atoms with E-state index in [1.807, 2.05) is 7.05 Å². The van der Waals surface area contributed by atoms with Gasteiger partial charge in [0.15, 0.2) is 0 Å². The molecule has 2 heteroatoms. The molecule has 0 spiro atoms. The van der Waals surface area contributed by atoms with Crippen LogP contribution < -0.4 is 10.1 Å². The Hall–Kier alpha value is -1.02. The fraction of sp³-hybridized carbons (Fsp3) is 0.600. The molecule has 17 heavy (non-hydrogen) atoms. The summed E-state index contributed by atoms with van der Waals surface area (Å²) >= 11 is 0. The molecular formula is C15H23NO. The fourth-order valence-corrected chi connectivity index (χ4v) is 2.50. The Balaban J connectivity index is 2.12. The van der Waals surface area contributed by atoms with Crippen molar-refractivity contribution in [2.24, 2.45) is 0 Å². The van der Waals surface area contributed by atoms with Crippen LogP contribution in [-0.4, -0.2) is 19.2 Å². The van der Waals surface area contributed by atoms with Gasteiger partial charge in [0.05, 0.1) is 0 Å². The van der Waals surface area contributed by atoms with Gasteiger partial charge in [-0.15, -0.1) is 0 Å². The van der Waals surface area contributed by atoms with Crippen molar-refractivity contribution in [1.29, 1.82) is 0 Å². The summed E-state index contributed by atoms with van der Waals surface area (Å²) in [5, 5.41) is 3.21. The van der Waals surface area contributed by atoms with Crippen LogP contribution in [0.2, 0.25) is 0 Å². The van der Waals surface area contributed by atoms with E-state index in [0.29, 0.717) is 0 Å². The lowest BCUT2D eigenvalue weighted by Gasteiger charge is -2.29. The van der Waals surface area contributed by atoms with Crippen LogP contribution in [0.15, 0.2) is 18.2 Å². The highest BCUT2D eigenvalue weighted by molar-refractivity contribution is 5.38. The molecule has 0 heterocycles. The molecule has 2 nitrogen and oxygen atoms in total. The summed E-state index contributed by atoms with van der Waals surface area (Å²) in [6, 6.07) is 6.58. The van der Waals surface area contributed by atoms with Gasteiger partial charge in [0.1, 0.15) is 11.4 Å². The number of fused-ring (bicyclic) bond motifs is 1. The van der Waals surface area contributed by atoms with Crippen molar-refractivity contribution in [3.8, 4) is 5.75 Å². The van der Waals surface area contributed by atoms with Crippen LogP contribution in [0, 0.1) is 0 Å². The molecule has 1 aliphatic rings. The number of hydrogen-bond donors (Lipinski definition) is 1. The van der Waals surface area contributed by atoms with Gasteiger partial charge < -0.3 is 10.1 Å². The highest BCUT2D eigenvalue weighted by atomic mass is 16.5. The highest BCUT2D eigenvalue weighted by Gasteiger charge is 2.23. The molecule has 0 bridgehead atoms. The molecule has 0 aliphatic heterocycles. The predicted octanol–water partition coefficient (Wildman–Crippen LogP) is 2.94. The number of nitrogens with one attached hydrogen (secondary N) is 1. The summed E-state index contributed by atoms with van der Waals surface area (Å²) in [4.78, 5) is 0. The zero-order chi connectivity index (χ0) is 12.3. The van der Waals surface area contributed by atoms with Crippen LogP contribution in [0.4, 0.5) is 0 Å². The van der Waals surface area contributed by atoms with E-state index in [0.717, 1.165) is 18.7 Å². The second kappa shape index (κ2) is 5.09. The van der Waals surface area contributed by atoms with Crippen molar-refractivity contribution in [1.82, 2.24) is 5.32 Å². The summed E-state index contributed by atoms with van der Waals surface area (Å²) in [6.45, 7) is 5.21. The molecule has 1 aliphatic carbocycles. The number of rotatable bonds is 5. The molecule has 0 radical (unpaired) electrons. The van der Waals surface area contributed by atoms with E-state index in [1.54, 1.807) is 0 Å². The lowest BCUT2D eigenvalue weighted by atomic mass is 10.0. The maximum Gasteiger partial charge on any atom is 0.120 e. The average molecular weight is 233 g/mol. The minimum absolute atomic E-state index is 0.110. The zero-order valence-corrected chi connectivity index (χ0v) is 11.2. The first-order valence-corrected chi connectivity index (χ1v) is 6.62. The number of ether oxygens (including phenoxy) is 1. The topological polar surface area (TPSA) is 21.3 Å². The molecule has 0 saturated heterocycles. The van der Waals surface area contributed by atoms with Crippen molar-refractivity contribution in [3.63, 3.8) is 0 Å². The van der Waals surface area contributed by atoms with Gasteiger partial charge >= 0.3 is 0 Å². The van der Waals surface area contributed by atoms with Gasteiger partial charge in [-0.2, -0.15) is 0 Å². The van der Waals surface area contributed by atoms with Crippen LogP contribution in [-0.2, 0) is 12.8 Å². The van der Waals surface area contributed by atoms with Crippen LogP contribution >= 0.6 is 0 Å². The number of aryl methyl sites for hydroxylation is 2. The molecule has 2 rings (SSSR count). The molecular weight excluding hydrogens is 210 g/mol. The van der Waals surface area contributed by atoms with E-state index in [-0.39, 0.29) is 5.60 Å². The number of hydrogen-bond acceptors (Lipinski definition) is 2. The monoisotopic (exact) mass is 233 g/mol.